The van der Waals surface area contributed by atoms with Gasteiger partial charge in [0.2, 0.25) is 0 Å². The second-order valence-electron chi connectivity index (χ2n) is 4.30. The molecule has 0 unspecified atom stereocenters. The molecule has 0 N–H and O–H groups in total. The molecule has 0 atom stereocenters. The predicted molar refractivity (Wildman–Crippen MR) is 72.0 cm³/mol. The third-order valence-corrected chi connectivity index (χ3v) is 3.16. The van der Waals surface area contributed by atoms with Gasteiger partial charge in [0, 0.05) is 5.56 Å². The van der Waals surface area contributed by atoms with Crippen molar-refractivity contribution in [3.8, 4) is 11.5 Å². The van der Waals surface area contributed by atoms with E-state index in [1.54, 1.807) is 13.2 Å². The van der Waals surface area contributed by atoms with Crippen LogP contribution in [0.25, 0.3) is 5.57 Å². The standard InChI is InChI=1S/C16H13FO2/c1-18-13-5-2-11(3-6-13)14-8-9-19-16-7-4-12(17)10-15(14)16/h2-8,10H,9H2,1H3. The van der Waals surface area contributed by atoms with Crippen LogP contribution in [0.15, 0.2) is 48.5 Å². The number of hydrogen-bond acceptors (Lipinski definition) is 2. The van der Waals surface area contributed by atoms with Crippen molar-refractivity contribution < 1.29 is 13.9 Å². The van der Waals surface area contributed by atoms with E-state index in [0.29, 0.717) is 6.61 Å². The number of halogens is 1. The normalized spacial score (nSPS) is 13.3. The Balaban J connectivity index is 2.05. The molecule has 0 saturated carbocycles. The zero-order valence-electron chi connectivity index (χ0n) is 10.5. The third kappa shape index (κ3) is 2.19. The van der Waals surface area contributed by atoms with E-state index >= 15 is 0 Å². The first-order chi connectivity index (χ1) is 9.28. The maximum absolute atomic E-state index is 13.4. The van der Waals surface area contributed by atoms with E-state index in [4.69, 9.17) is 9.47 Å². The summed E-state index contributed by atoms with van der Waals surface area (Å²) in [6.45, 7) is 0.500. The zero-order chi connectivity index (χ0) is 13.2. The molecular formula is C16H13FO2. The van der Waals surface area contributed by atoms with Gasteiger partial charge in [-0.3, -0.25) is 0 Å². The molecule has 2 aromatic carbocycles. The average molecular weight is 256 g/mol. The Hall–Kier alpha value is -2.29. The fourth-order valence-electron chi connectivity index (χ4n) is 2.21. The Morgan fingerprint density at radius 3 is 2.63 bits per heavy atom. The van der Waals surface area contributed by atoms with Crippen molar-refractivity contribution in [1.29, 1.82) is 0 Å². The van der Waals surface area contributed by atoms with Crippen LogP contribution in [0, 0.1) is 5.82 Å². The molecule has 0 fully saturated rings. The first kappa shape index (κ1) is 11.8. The summed E-state index contributed by atoms with van der Waals surface area (Å²) in [7, 11) is 1.63. The van der Waals surface area contributed by atoms with Crippen LogP contribution in [0.4, 0.5) is 4.39 Å². The lowest BCUT2D eigenvalue weighted by atomic mass is 9.95. The third-order valence-electron chi connectivity index (χ3n) is 3.16. The van der Waals surface area contributed by atoms with Gasteiger partial charge < -0.3 is 9.47 Å². The van der Waals surface area contributed by atoms with Crippen LogP contribution in [0.2, 0.25) is 0 Å². The second kappa shape index (κ2) is 4.76. The second-order valence-corrected chi connectivity index (χ2v) is 4.30. The summed E-state index contributed by atoms with van der Waals surface area (Å²) in [5.74, 6) is 1.26. The van der Waals surface area contributed by atoms with Gasteiger partial charge in [-0.05, 0) is 47.5 Å². The Bertz CT molecular complexity index is 630. The molecule has 0 spiro atoms. The fraction of sp³-hybridized carbons (Fsp3) is 0.125. The van der Waals surface area contributed by atoms with Crippen molar-refractivity contribution in [2.24, 2.45) is 0 Å². The number of rotatable bonds is 2. The molecular weight excluding hydrogens is 243 g/mol. The topological polar surface area (TPSA) is 18.5 Å². The Labute approximate surface area is 111 Å². The lowest BCUT2D eigenvalue weighted by Crippen LogP contribution is -2.05. The highest BCUT2D eigenvalue weighted by Gasteiger charge is 2.16. The lowest BCUT2D eigenvalue weighted by Gasteiger charge is -2.19. The summed E-state index contributed by atoms with van der Waals surface area (Å²) in [4.78, 5) is 0. The Kier molecular flexibility index (Phi) is 2.95. The number of methoxy groups -OCH3 is 1. The fourth-order valence-corrected chi connectivity index (χ4v) is 2.21. The van der Waals surface area contributed by atoms with E-state index in [1.807, 2.05) is 30.3 Å². The molecule has 0 radical (unpaired) electrons. The van der Waals surface area contributed by atoms with Crippen LogP contribution in [-0.4, -0.2) is 13.7 Å². The molecule has 0 amide bonds. The summed E-state index contributed by atoms with van der Waals surface area (Å²) >= 11 is 0. The van der Waals surface area contributed by atoms with E-state index < -0.39 is 0 Å². The molecule has 2 nitrogen and oxygen atoms in total. The van der Waals surface area contributed by atoms with Gasteiger partial charge in [0.1, 0.15) is 23.9 Å². The van der Waals surface area contributed by atoms with Gasteiger partial charge in [-0.2, -0.15) is 0 Å². The van der Waals surface area contributed by atoms with E-state index in [1.165, 1.54) is 12.1 Å². The molecule has 3 rings (SSSR count). The molecule has 0 saturated heterocycles. The molecule has 0 bridgehead atoms. The molecule has 3 heteroatoms. The number of benzene rings is 2. The average Bonchev–Trinajstić information content (AvgIpc) is 2.47. The lowest BCUT2D eigenvalue weighted by molar-refractivity contribution is 0.356. The van der Waals surface area contributed by atoms with Crippen molar-refractivity contribution in [2.75, 3.05) is 13.7 Å². The summed E-state index contributed by atoms with van der Waals surface area (Å²) in [6, 6.07) is 12.3. The van der Waals surface area contributed by atoms with Crippen molar-refractivity contribution in [2.45, 2.75) is 0 Å². The molecule has 1 aliphatic heterocycles. The molecule has 0 aromatic heterocycles. The quantitative estimate of drug-likeness (QED) is 0.816. The zero-order valence-corrected chi connectivity index (χ0v) is 10.5. The van der Waals surface area contributed by atoms with Gasteiger partial charge in [-0.1, -0.05) is 12.1 Å². The van der Waals surface area contributed by atoms with Crippen molar-refractivity contribution in [1.82, 2.24) is 0 Å². The summed E-state index contributed by atoms with van der Waals surface area (Å²) in [5.41, 5.74) is 2.80. The van der Waals surface area contributed by atoms with Gasteiger partial charge >= 0.3 is 0 Å². The molecule has 0 aliphatic carbocycles. The number of hydrogen-bond donors (Lipinski definition) is 0. The highest BCUT2D eigenvalue weighted by Crippen LogP contribution is 2.35. The van der Waals surface area contributed by atoms with Crippen LogP contribution in [0.5, 0.6) is 11.5 Å². The van der Waals surface area contributed by atoms with E-state index in [9.17, 15) is 4.39 Å². The molecule has 19 heavy (non-hydrogen) atoms. The minimum atomic E-state index is -0.260. The first-order valence-electron chi connectivity index (χ1n) is 6.05. The van der Waals surface area contributed by atoms with Crippen LogP contribution in [0.3, 0.4) is 0 Å². The molecule has 1 aliphatic rings. The highest BCUT2D eigenvalue weighted by molar-refractivity contribution is 5.84. The van der Waals surface area contributed by atoms with E-state index in [-0.39, 0.29) is 5.82 Å². The van der Waals surface area contributed by atoms with Gasteiger partial charge in [0.25, 0.3) is 0 Å². The van der Waals surface area contributed by atoms with Gasteiger partial charge in [0.05, 0.1) is 7.11 Å². The van der Waals surface area contributed by atoms with E-state index in [0.717, 1.165) is 28.2 Å². The van der Waals surface area contributed by atoms with Gasteiger partial charge in [-0.25, -0.2) is 4.39 Å². The van der Waals surface area contributed by atoms with Crippen molar-refractivity contribution in [3.63, 3.8) is 0 Å². The molecule has 96 valence electrons. The van der Waals surface area contributed by atoms with Crippen LogP contribution in [0.1, 0.15) is 11.1 Å². The minimum Gasteiger partial charge on any atom is -0.497 e. The van der Waals surface area contributed by atoms with Crippen LogP contribution < -0.4 is 9.47 Å². The van der Waals surface area contributed by atoms with Crippen molar-refractivity contribution >= 4 is 5.57 Å². The first-order valence-corrected chi connectivity index (χ1v) is 6.05. The SMILES string of the molecule is COc1ccc(C2=CCOc3ccc(F)cc32)cc1. The van der Waals surface area contributed by atoms with Crippen LogP contribution in [-0.2, 0) is 0 Å². The summed E-state index contributed by atoms with van der Waals surface area (Å²) in [6.07, 6.45) is 1.96. The Morgan fingerprint density at radius 2 is 1.89 bits per heavy atom. The minimum absolute atomic E-state index is 0.260. The highest BCUT2D eigenvalue weighted by atomic mass is 19.1. The number of fused-ring (bicyclic) bond motifs is 1. The largest absolute Gasteiger partial charge is 0.497 e. The predicted octanol–water partition coefficient (Wildman–Crippen LogP) is 3.66. The summed E-state index contributed by atoms with van der Waals surface area (Å²) < 4.78 is 24.0. The molecule has 1 heterocycles. The van der Waals surface area contributed by atoms with Crippen molar-refractivity contribution in [3.05, 3.63) is 65.5 Å². The van der Waals surface area contributed by atoms with E-state index in [2.05, 4.69) is 0 Å². The van der Waals surface area contributed by atoms with Crippen LogP contribution >= 0.6 is 0 Å². The monoisotopic (exact) mass is 256 g/mol. The smallest absolute Gasteiger partial charge is 0.127 e. The van der Waals surface area contributed by atoms with Gasteiger partial charge in [-0.15, -0.1) is 0 Å². The molecule has 2 aromatic rings. The maximum Gasteiger partial charge on any atom is 0.127 e. The maximum atomic E-state index is 13.4. The number of ether oxygens (including phenoxy) is 2. The summed E-state index contributed by atoms with van der Waals surface area (Å²) in [5, 5.41) is 0. The Morgan fingerprint density at radius 1 is 1.11 bits per heavy atom. The van der Waals surface area contributed by atoms with Gasteiger partial charge in [0.15, 0.2) is 0 Å².